The zero-order chi connectivity index (χ0) is 19.6. The molecule has 146 valence electrons. The van der Waals surface area contributed by atoms with Crippen LogP contribution in [0.5, 0.6) is 0 Å². The Bertz CT molecular complexity index is 1130. The standard InChI is InChI=1S/C22H23N7/c1-28-9-11-29(12-10-28)18-6-7-19-20(13-18)26-22(25-19)21-17(15-24-27-21)5-4-16-3-2-8-23-14-16/h2-8,13-15H,9-12H2,1H3,(H,24,27)(H,25,26). The third-order valence-corrected chi connectivity index (χ3v) is 5.38. The van der Waals surface area contributed by atoms with Gasteiger partial charge < -0.3 is 14.8 Å². The topological polar surface area (TPSA) is 76.7 Å². The van der Waals surface area contributed by atoms with Crippen LogP contribution in [-0.4, -0.2) is 63.3 Å². The number of aromatic nitrogens is 5. The molecule has 1 aliphatic heterocycles. The lowest BCUT2D eigenvalue weighted by Gasteiger charge is -2.34. The number of anilines is 1. The molecule has 7 heteroatoms. The van der Waals surface area contributed by atoms with Crippen molar-refractivity contribution in [2.75, 3.05) is 38.1 Å². The van der Waals surface area contributed by atoms with Crippen molar-refractivity contribution in [3.8, 4) is 11.5 Å². The zero-order valence-electron chi connectivity index (χ0n) is 16.3. The number of imidazole rings is 1. The van der Waals surface area contributed by atoms with Gasteiger partial charge in [0.15, 0.2) is 5.82 Å². The second-order valence-electron chi connectivity index (χ2n) is 7.40. The Hall–Kier alpha value is -3.45. The minimum absolute atomic E-state index is 0.791. The molecule has 1 saturated heterocycles. The first-order valence-electron chi connectivity index (χ1n) is 9.81. The van der Waals surface area contributed by atoms with Crippen LogP contribution in [0.4, 0.5) is 5.69 Å². The van der Waals surface area contributed by atoms with E-state index in [1.54, 1.807) is 6.20 Å². The summed E-state index contributed by atoms with van der Waals surface area (Å²) >= 11 is 0. The van der Waals surface area contributed by atoms with Crippen molar-refractivity contribution in [2.24, 2.45) is 0 Å². The quantitative estimate of drug-likeness (QED) is 0.564. The van der Waals surface area contributed by atoms with Gasteiger partial charge in [-0.3, -0.25) is 10.1 Å². The fourth-order valence-electron chi connectivity index (χ4n) is 3.65. The monoisotopic (exact) mass is 385 g/mol. The van der Waals surface area contributed by atoms with Crippen LogP contribution in [0.2, 0.25) is 0 Å². The first kappa shape index (κ1) is 17.6. The van der Waals surface area contributed by atoms with E-state index in [0.717, 1.165) is 59.9 Å². The average molecular weight is 385 g/mol. The van der Waals surface area contributed by atoms with Crippen molar-refractivity contribution in [3.05, 3.63) is 60.0 Å². The molecule has 29 heavy (non-hydrogen) atoms. The van der Waals surface area contributed by atoms with Gasteiger partial charge in [-0.05, 0) is 36.9 Å². The van der Waals surface area contributed by atoms with E-state index < -0.39 is 0 Å². The van der Waals surface area contributed by atoms with Gasteiger partial charge in [0.2, 0.25) is 0 Å². The number of benzene rings is 1. The van der Waals surface area contributed by atoms with Crippen LogP contribution in [0.25, 0.3) is 34.7 Å². The van der Waals surface area contributed by atoms with Gasteiger partial charge in [-0.25, -0.2) is 4.98 Å². The van der Waals surface area contributed by atoms with Crippen LogP contribution >= 0.6 is 0 Å². The van der Waals surface area contributed by atoms with Crippen molar-refractivity contribution in [2.45, 2.75) is 0 Å². The predicted octanol–water partition coefficient (Wildman–Crippen LogP) is 3.27. The third kappa shape index (κ3) is 3.64. The molecule has 5 rings (SSSR count). The molecule has 0 amide bonds. The van der Waals surface area contributed by atoms with Gasteiger partial charge in [-0.1, -0.05) is 18.2 Å². The van der Waals surface area contributed by atoms with E-state index in [0.29, 0.717) is 0 Å². The van der Waals surface area contributed by atoms with Gasteiger partial charge >= 0.3 is 0 Å². The Morgan fingerprint density at radius 3 is 2.76 bits per heavy atom. The van der Waals surface area contributed by atoms with E-state index in [1.807, 2.05) is 36.7 Å². The smallest absolute Gasteiger partial charge is 0.157 e. The predicted molar refractivity (Wildman–Crippen MR) is 117 cm³/mol. The first-order valence-corrected chi connectivity index (χ1v) is 9.81. The van der Waals surface area contributed by atoms with Crippen LogP contribution in [0.3, 0.4) is 0 Å². The molecule has 4 aromatic rings. The molecular formula is C22H23N7. The lowest BCUT2D eigenvalue weighted by Crippen LogP contribution is -2.44. The molecule has 0 bridgehead atoms. The number of nitrogens with one attached hydrogen (secondary N) is 2. The van der Waals surface area contributed by atoms with Gasteiger partial charge in [-0.2, -0.15) is 5.10 Å². The van der Waals surface area contributed by atoms with Gasteiger partial charge in [0.05, 0.1) is 17.2 Å². The highest BCUT2D eigenvalue weighted by atomic mass is 15.2. The largest absolute Gasteiger partial charge is 0.369 e. The molecule has 1 aliphatic rings. The van der Waals surface area contributed by atoms with Crippen LogP contribution in [0.15, 0.2) is 48.9 Å². The molecule has 0 aliphatic carbocycles. The molecule has 0 unspecified atom stereocenters. The highest BCUT2D eigenvalue weighted by Crippen LogP contribution is 2.26. The molecule has 0 spiro atoms. The van der Waals surface area contributed by atoms with Gasteiger partial charge in [0.1, 0.15) is 5.69 Å². The molecule has 1 fully saturated rings. The molecular weight excluding hydrogens is 362 g/mol. The lowest BCUT2D eigenvalue weighted by molar-refractivity contribution is 0.313. The highest BCUT2D eigenvalue weighted by molar-refractivity contribution is 5.84. The van der Waals surface area contributed by atoms with E-state index >= 15 is 0 Å². The van der Waals surface area contributed by atoms with Gasteiger partial charge in [0, 0.05) is 49.8 Å². The van der Waals surface area contributed by atoms with E-state index in [-0.39, 0.29) is 0 Å². The average Bonchev–Trinajstić information content (AvgIpc) is 3.39. The summed E-state index contributed by atoms with van der Waals surface area (Å²) in [6.07, 6.45) is 9.46. The maximum Gasteiger partial charge on any atom is 0.157 e. The second-order valence-corrected chi connectivity index (χ2v) is 7.40. The summed E-state index contributed by atoms with van der Waals surface area (Å²) in [4.78, 5) is 17.2. The van der Waals surface area contributed by atoms with E-state index in [4.69, 9.17) is 4.98 Å². The molecule has 0 saturated carbocycles. The Labute approximate surface area is 169 Å². The molecule has 3 aromatic heterocycles. The number of hydrogen-bond acceptors (Lipinski definition) is 5. The molecule has 4 heterocycles. The minimum atomic E-state index is 0.791. The van der Waals surface area contributed by atoms with Crippen molar-refractivity contribution in [1.29, 1.82) is 0 Å². The summed E-state index contributed by atoms with van der Waals surface area (Å²) in [5, 5.41) is 7.29. The van der Waals surface area contributed by atoms with Crippen LogP contribution in [0, 0.1) is 0 Å². The molecule has 0 atom stereocenters. The fraction of sp³-hybridized carbons (Fsp3) is 0.227. The van der Waals surface area contributed by atoms with E-state index in [9.17, 15) is 0 Å². The number of piperazine rings is 1. The summed E-state index contributed by atoms with van der Waals surface area (Å²) in [6.45, 7) is 4.28. The summed E-state index contributed by atoms with van der Waals surface area (Å²) in [5.74, 6) is 0.791. The number of hydrogen-bond donors (Lipinski definition) is 2. The molecule has 0 radical (unpaired) electrons. The summed E-state index contributed by atoms with van der Waals surface area (Å²) in [6, 6.07) is 10.4. The Morgan fingerprint density at radius 2 is 1.93 bits per heavy atom. The van der Waals surface area contributed by atoms with Crippen LogP contribution in [-0.2, 0) is 0 Å². The number of nitrogens with zero attached hydrogens (tertiary/aromatic N) is 5. The zero-order valence-corrected chi connectivity index (χ0v) is 16.3. The Kier molecular flexibility index (Phi) is 4.57. The second kappa shape index (κ2) is 7.52. The number of aromatic amines is 2. The lowest BCUT2D eigenvalue weighted by atomic mass is 10.2. The van der Waals surface area contributed by atoms with Crippen molar-refractivity contribution >= 4 is 28.9 Å². The Morgan fingerprint density at radius 1 is 1.03 bits per heavy atom. The minimum Gasteiger partial charge on any atom is -0.369 e. The normalized spacial score (nSPS) is 15.6. The highest BCUT2D eigenvalue weighted by Gasteiger charge is 2.16. The van der Waals surface area contributed by atoms with Gasteiger partial charge in [0.25, 0.3) is 0 Å². The molecule has 1 aromatic carbocycles. The van der Waals surface area contributed by atoms with Crippen LogP contribution in [0.1, 0.15) is 11.1 Å². The molecule has 7 nitrogen and oxygen atoms in total. The van der Waals surface area contributed by atoms with E-state index in [2.05, 4.69) is 55.2 Å². The first-order chi connectivity index (χ1) is 14.3. The maximum absolute atomic E-state index is 4.77. The third-order valence-electron chi connectivity index (χ3n) is 5.38. The number of pyridine rings is 1. The van der Waals surface area contributed by atoms with Crippen molar-refractivity contribution in [3.63, 3.8) is 0 Å². The number of rotatable bonds is 4. The SMILES string of the molecule is CN1CCN(c2ccc3nc(-c4[nH]ncc4C=Cc4cccnc4)[nH]c3c2)CC1. The van der Waals surface area contributed by atoms with E-state index in [1.165, 1.54) is 5.69 Å². The summed E-state index contributed by atoms with van der Waals surface area (Å²) in [7, 11) is 2.17. The van der Waals surface area contributed by atoms with Crippen molar-refractivity contribution in [1.82, 2.24) is 30.0 Å². The van der Waals surface area contributed by atoms with Crippen LogP contribution < -0.4 is 4.90 Å². The molecule has 2 N–H and O–H groups in total. The fourth-order valence-corrected chi connectivity index (χ4v) is 3.65. The number of H-pyrrole nitrogens is 2. The van der Waals surface area contributed by atoms with Gasteiger partial charge in [-0.15, -0.1) is 0 Å². The number of fused-ring (bicyclic) bond motifs is 1. The summed E-state index contributed by atoms with van der Waals surface area (Å²) < 4.78 is 0. The summed E-state index contributed by atoms with van der Waals surface area (Å²) in [5.41, 5.74) is 6.13. The maximum atomic E-state index is 4.77. The number of likely N-dealkylation sites (N-methyl/N-ethyl adjacent to an activating group) is 1. The Balaban J connectivity index is 1.43. The van der Waals surface area contributed by atoms with Crippen molar-refractivity contribution < 1.29 is 0 Å².